The van der Waals surface area contributed by atoms with Crippen molar-refractivity contribution in [1.29, 1.82) is 0 Å². The molecule has 0 saturated carbocycles. The highest BCUT2D eigenvalue weighted by Crippen LogP contribution is 2.12. The summed E-state index contributed by atoms with van der Waals surface area (Å²) in [5, 5.41) is 22.8. The fourth-order valence-electron chi connectivity index (χ4n) is 3.91. The normalized spacial score (nSPS) is 12.6. The quantitative estimate of drug-likeness (QED) is 0.151. The molecule has 0 radical (unpaired) electrons. The number of carbonyl (C=O) groups is 3. The lowest BCUT2D eigenvalue weighted by Gasteiger charge is -2.20. The molecular formula is C26H47N5O5S. The average Bonchev–Trinajstić information content (AvgIpc) is 3.34. The molecule has 2 atom stereocenters. The van der Waals surface area contributed by atoms with Crippen molar-refractivity contribution in [1.82, 2.24) is 25.6 Å². The molecule has 0 aliphatic rings. The first-order valence-corrected chi connectivity index (χ1v) is 14.8. The van der Waals surface area contributed by atoms with E-state index in [0.29, 0.717) is 18.1 Å². The molecule has 1 rings (SSSR count). The minimum atomic E-state index is -1.17. The van der Waals surface area contributed by atoms with Crippen molar-refractivity contribution in [2.24, 2.45) is 0 Å². The molecule has 212 valence electrons. The average molecular weight is 542 g/mol. The van der Waals surface area contributed by atoms with Crippen LogP contribution < -0.4 is 10.6 Å². The summed E-state index contributed by atoms with van der Waals surface area (Å²) >= 11 is 1.48. The molecule has 1 aromatic heterocycles. The van der Waals surface area contributed by atoms with Gasteiger partial charge in [0.15, 0.2) is 6.04 Å². The summed E-state index contributed by atoms with van der Waals surface area (Å²) < 4.78 is 6.36. The van der Waals surface area contributed by atoms with E-state index in [1.807, 2.05) is 6.20 Å². The number of nitrogens with zero attached hydrogens (tertiary/aromatic N) is 3. The minimum Gasteiger partial charge on any atom is -0.467 e. The fraction of sp³-hybridized carbons (Fsp3) is 0.808. The van der Waals surface area contributed by atoms with Crippen molar-refractivity contribution in [3.05, 3.63) is 11.9 Å². The predicted octanol–water partition coefficient (Wildman–Crippen LogP) is 3.02. The van der Waals surface area contributed by atoms with Crippen molar-refractivity contribution >= 4 is 29.5 Å². The van der Waals surface area contributed by atoms with Gasteiger partial charge in [0.05, 0.1) is 26.0 Å². The highest BCUT2D eigenvalue weighted by molar-refractivity contribution is 7.99. The molecule has 0 aliphatic carbocycles. The van der Waals surface area contributed by atoms with Crippen molar-refractivity contribution in [3.8, 4) is 0 Å². The highest BCUT2D eigenvalue weighted by atomic mass is 32.2. The molecular weight excluding hydrogens is 494 g/mol. The lowest BCUT2D eigenvalue weighted by atomic mass is 10.0. The lowest BCUT2D eigenvalue weighted by Crippen LogP contribution is -2.53. The van der Waals surface area contributed by atoms with Crippen molar-refractivity contribution in [3.63, 3.8) is 0 Å². The maximum Gasteiger partial charge on any atom is 0.330 e. The van der Waals surface area contributed by atoms with E-state index in [-0.39, 0.29) is 5.91 Å². The van der Waals surface area contributed by atoms with Crippen LogP contribution in [0.25, 0.3) is 0 Å². The van der Waals surface area contributed by atoms with Gasteiger partial charge in [-0.25, -0.2) is 4.79 Å². The Bertz CT molecular complexity index is 776. The first-order chi connectivity index (χ1) is 17.9. The minimum absolute atomic E-state index is 0.311. The number of nitrogens with one attached hydrogen (secondary N) is 2. The molecule has 0 spiro atoms. The molecule has 1 aromatic rings. The molecule has 0 bridgehead atoms. The number of unbranched alkanes of at least 4 members (excludes halogenated alkanes) is 10. The standard InChI is InChI=1S/C26H47N5O5S/c1-4-5-6-7-8-9-10-11-12-13-14-15-22-18-31(30-29-22)16-17-37-20-24(27-21(2)33)25(34)28-23(19-32)26(35)36-3/h18,23-24,32H,4-17,19-20H2,1-3H3,(H,27,33)(H,28,34)/t23-,24-/m0/s1. The van der Waals surface area contributed by atoms with Gasteiger partial charge in [-0.1, -0.05) is 76.3 Å². The molecule has 0 fully saturated rings. The van der Waals surface area contributed by atoms with E-state index < -0.39 is 30.6 Å². The van der Waals surface area contributed by atoms with Gasteiger partial charge in [-0.3, -0.25) is 14.3 Å². The molecule has 11 heteroatoms. The second kappa shape index (κ2) is 20.9. The van der Waals surface area contributed by atoms with Gasteiger partial charge in [-0.05, 0) is 12.8 Å². The SMILES string of the molecule is CCCCCCCCCCCCCc1cn(CCSC[C@H](NC(C)=O)C(=O)N[C@@H](CO)C(=O)OC)nn1. The Kier molecular flexibility index (Phi) is 18.5. The molecule has 0 aromatic carbocycles. The second-order valence-electron chi connectivity index (χ2n) is 9.35. The van der Waals surface area contributed by atoms with Crippen LogP contribution in [0.5, 0.6) is 0 Å². The number of rotatable bonds is 22. The summed E-state index contributed by atoms with van der Waals surface area (Å²) in [6, 6.07) is -2.01. The Hall–Kier alpha value is -2.14. The van der Waals surface area contributed by atoms with Crippen LogP contribution in [0.2, 0.25) is 0 Å². The molecule has 1 heterocycles. The van der Waals surface area contributed by atoms with Crippen LogP contribution in [-0.4, -0.2) is 75.2 Å². The van der Waals surface area contributed by atoms with Gasteiger partial charge in [0.1, 0.15) is 6.04 Å². The van der Waals surface area contributed by atoms with Gasteiger partial charge in [0, 0.05) is 24.6 Å². The molecule has 3 N–H and O–H groups in total. The molecule has 10 nitrogen and oxygen atoms in total. The van der Waals surface area contributed by atoms with E-state index in [9.17, 15) is 19.5 Å². The summed E-state index contributed by atoms with van der Waals surface area (Å²) in [6.07, 6.45) is 17.4. The zero-order valence-electron chi connectivity index (χ0n) is 22.9. The van der Waals surface area contributed by atoms with E-state index in [0.717, 1.165) is 18.5 Å². The van der Waals surface area contributed by atoms with Gasteiger partial charge in [0.25, 0.3) is 0 Å². The van der Waals surface area contributed by atoms with Crippen LogP contribution >= 0.6 is 11.8 Å². The van der Waals surface area contributed by atoms with E-state index in [2.05, 4.69) is 32.6 Å². The van der Waals surface area contributed by atoms with Gasteiger partial charge < -0.3 is 20.5 Å². The smallest absolute Gasteiger partial charge is 0.330 e. The van der Waals surface area contributed by atoms with Crippen molar-refractivity contribution in [2.45, 2.75) is 110 Å². The number of amides is 2. The van der Waals surface area contributed by atoms with Crippen LogP contribution in [0, 0.1) is 0 Å². The Morgan fingerprint density at radius 2 is 1.62 bits per heavy atom. The molecule has 0 aliphatic heterocycles. The second-order valence-corrected chi connectivity index (χ2v) is 10.5. The number of esters is 1. The van der Waals surface area contributed by atoms with E-state index in [4.69, 9.17) is 0 Å². The number of carbonyl (C=O) groups excluding carboxylic acids is 3. The number of ether oxygens (including phenoxy) is 1. The van der Waals surface area contributed by atoms with Crippen LogP contribution in [0.1, 0.15) is 90.2 Å². The summed E-state index contributed by atoms with van der Waals surface area (Å²) in [6.45, 7) is 3.61. The zero-order valence-corrected chi connectivity index (χ0v) is 23.7. The number of aliphatic hydroxyl groups is 1. The summed E-state index contributed by atoms with van der Waals surface area (Å²) in [5.41, 5.74) is 0.995. The predicted molar refractivity (Wildman–Crippen MR) is 146 cm³/mol. The van der Waals surface area contributed by atoms with Crippen LogP contribution in [-0.2, 0) is 32.1 Å². The number of hydrogen-bond donors (Lipinski definition) is 3. The van der Waals surface area contributed by atoms with Crippen molar-refractivity contribution < 1.29 is 24.2 Å². The lowest BCUT2D eigenvalue weighted by molar-refractivity contribution is -0.146. The third-order valence-electron chi connectivity index (χ3n) is 6.05. The van der Waals surface area contributed by atoms with Gasteiger partial charge in [0.2, 0.25) is 11.8 Å². The Labute approximate surface area is 226 Å². The number of aliphatic hydroxyl groups excluding tert-OH is 1. The monoisotopic (exact) mass is 541 g/mol. The van der Waals surface area contributed by atoms with Crippen LogP contribution in [0.15, 0.2) is 6.20 Å². The number of hydrogen-bond acceptors (Lipinski definition) is 8. The third-order valence-corrected chi connectivity index (χ3v) is 7.09. The number of methoxy groups -OCH3 is 1. The highest BCUT2D eigenvalue weighted by Gasteiger charge is 2.26. The number of aryl methyl sites for hydroxylation is 2. The van der Waals surface area contributed by atoms with Gasteiger partial charge >= 0.3 is 5.97 Å². The van der Waals surface area contributed by atoms with E-state index in [1.165, 1.54) is 90.0 Å². The van der Waals surface area contributed by atoms with Crippen LogP contribution in [0.3, 0.4) is 0 Å². The molecule has 0 saturated heterocycles. The van der Waals surface area contributed by atoms with E-state index >= 15 is 0 Å². The first-order valence-electron chi connectivity index (χ1n) is 13.6. The summed E-state index contributed by atoms with van der Waals surface area (Å²) in [5.74, 6) is -0.680. The number of thioether (sulfide) groups is 1. The first kappa shape index (κ1) is 32.9. The van der Waals surface area contributed by atoms with Gasteiger partial charge in [-0.2, -0.15) is 11.8 Å². The van der Waals surface area contributed by atoms with Crippen LogP contribution in [0.4, 0.5) is 0 Å². The topological polar surface area (TPSA) is 135 Å². The Morgan fingerprint density at radius 3 is 2.19 bits per heavy atom. The molecule has 2 amide bonds. The third kappa shape index (κ3) is 15.7. The fourth-order valence-corrected chi connectivity index (χ4v) is 4.87. The van der Waals surface area contributed by atoms with E-state index in [1.54, 1.807) is 4.68 Å². The largest absolute Gasteiger partial charge is 0.467 e. The van der Waals surface area contributed by atoms with Gasteiger partial charge in [-0.15, -0.1) is 5.10 Å². The number of aromatic nitrogens is 3. The maximum atomic E-state index is 12.5. The molecule has 37 heavy (non-hydrogen) atoms. The van der Waals surface area contributed by atoms with Crippen molar-refractivity contribution in [2.75, 3.05) is 25.2 Å². The summed E-state index contributed by atoms with van der Waals surface area (Å²) in [7, 11) is 1.17. The zero-order chi connectivity index (χ0) is 27.3. The maximum absolute atomic E-state index is 12.5. The Morgan fingerprint density at radius 1 is 1.00 bits per heavy atom. The Balaban J connectivity index is 2.24. The molecule has 0 unspecified atom stereocenters. The summed E-state index contributed by atoms with van der Waals surface area (Å²) in [4.78, 5) is 35.6.